The van der Waals surface area contributed by atoms with E-state index in [0.29, 0.717) is 0 Å². The van der Waals surface area contributed by atoms with Crippen LogP contribution in [0.15, 0.2) is 30.3 Å². The molecule has 2 heteroatoms. The molecule has 2 nitrogen and oxygen atoms in total. The fourth-order valence-electron chi connectivity index (χ4n) is 1.95. The summed E-state index contributed by atoms with van der Waals surface area (Å²) in [7, 11) is 0. The Morgan fingerprint density at radius 1 is 1.00 bits per heavy atom. The first kappa shape index (κ1) is 14.2. The van der Waals surface area contributed by atoms with E-state index in [1.807, 2.05) is 0 Å². The monoisotopic (exact) mass is 234 g/mol. The lowest BCUT2D eigenvalue weighted by molar-refractivity contribution is 0.296. The molecule has 1 aromatic rings. The zero-order valence-corrected chi connectivity index (χ0v) is 11.3. The SMILES string of the molecule is CCN(CC)CCCCNCc1ccccc1. The van der Waals surface area contributed by atoms with Crippen LogP contribution in [0.2, 0.25) is 0 Å². The van der Waals surface area contributed by atoms with Crippen LogP contribution in [0.5, 0.6) is 0 Å². The van der Waals surface area contributed by atoms with Gasteiger partial charge in [0, 0.05) is 6.54 Å². The van der Waals surface area contributed by atoms with Crippen molar-refractivity contribution in [1.29, 1.82) is 0 Å². The molecule has 0 saturated carbocycles. The first-order valence-corrected chi connectivity index (χ1v) is 6.83. The second-order valence-corrected chi connectivity index (χ2v) is 4.40. The predicted molar refractivity (Wildman–Crippen MR) is 75.2 cm³/mol. The third-order valence-electron chi connectivity index (χ3n) is 3.14. The third-order valence-corrected chi connectivity index (χ3v) is 3.14. The van der Waals surface area contributed by atoms with Crippen molar-refractivity contribution in [2.45, 2.75) is 33.2 Å². The summed E-state index contributed by atoms with van der Waals surface area (Å²) in [4.78, 5) is 2.48. The van der Waals surface area contributed by atoms with Gasteiger partial charge < -0.3 is 10.2 Å². The Bertz CT molecular complexity index is 268. The zero-order chi connectivity index (χ0) is 12.3. The third kappa shape index (κ3) is 6.44. The number of unbranched alkanes of at least 4 members (excludes halogenated alkanes) is 1. The molecule has 0 bridgehead atoms. The smallest absolute Gasteiger partial charge is 0.0205 e. The van der Waals surface area contributed by atoms with Crippen molar-refractivity contribution in [2.24, 2.45) is 0 Å². The second-order valence-electron chi connectivity index (χ2n) is 4.40. The average molecular weight is 234 g/mol. The molecule has 0 spiro atoms. The minimum atomic E-state index is 0.992. The highest BCUT2D eigenvalue weighted by atomic mass is 15.1. The number of hydrogen-bond acceptors (Lipinski definition) is 2. The van der Waals surface area contributed by atoms with Crippen molar-refractivity contribution in [2.75, 3.05) is 26.2 Å². The van der Waals surface area contributed by atoms with Crippen LogP contribution in [-0.4, -0.2) is 31.1 Å². The van der Waals surface area contributed by atoms with E-state index in [2.05, 4.69) is 54.4 Å². The molecule has 1 rings (SSSR count). The van der Waals surface area contributed by atoms with Gasteiger partial charge in [0.1, 0.15) is 0 Å². The molecule has 0 heterocycles. The maximum atomic E-state index is 3.49. The number of nitrogens with zero attached hydrogens (tertiary/aromatic N) is 1. The fraction of sp³-hybridized carbons (Fsp3) is 0.600. The lowest BCUT2D eigenvalue weighted by Crippen LogP contribution is -2.25. The van der Waals surface area contributed by atoms with Gasteiger partial charge in [-0.15, -0.1) is 0 Å². The van der Waals surface area contributed by atoms with Crippen molar-refractivity contribution < 1.29 is 0 Å². The minimum Gasteiger partial charge on any atom is -0.313 e. The number of benzene rings is 1. The molecule has 0 aliphatic rings. The minimum absolute atomic E-state index is 0.992. The van der Waals surface area contributed by atoms with E-state index in [-0.39, 0.29) is 0 Å². The van der Waals surface area contributed by atoms with Gasteiger partial charge in [0.15, 0.2) is 0 Å². The summed E-state index contributed by atoms with van der Waals surface area (Å²) in [6, 6.07) is 10.6. The van der Waals surface area contributed by atoms with Gasteiger partial charge in [-0.3, -0.25) is 0 Å². The van der Waals surface area contributed by atoms with Crippen LogP contribution in [0.1, 0.15) is 32.3 Å². The summed E-state index contributed by atoms with van der Waals surface area (Å²) in [5, 5.41) is 3.49. The molecular weight excluding hydrogens is 208 g/mol. The summed E-state index contributed by atoms with van der Waals surface area (Å²) in [5.74, 6) is 0. The zero-order valence-electron chi connectivity index (χ0n) is 11.3. The van der Waals surface area contributed by atoms with E-state index in [4.69, 9.17) is 0 Å². The molecular formula is C15H26N2. The largest absolute Gasteiger partial charge is 0.313 e. The summed E-state index contributed by atoms with van der Waals surface area (Å²) < 4.78 is 0. The van der Waals surface area contributed by atoms with Crippen LogP contribution in [-0.2, 0) is 6.54 Å². The van der Waals surface area contributed by atoms with Crippen molar-refractivity contribution in [3.8, 4) is 0 Å². The molecule has 0 saturated heterocycles. The Labute approximate surface area is 106 Å². The van der Waals surface area contributed by atoms with E-state index in [9.17, 15) is 0 Å². The molecule has 0 atom stereocenters. The molecule has 0 radical (unpaired) electrons. The van der Waals surface area contributed by atoms with E-state index < -0.39 is 0 Å². The van der Waals surface area contributed by atoms with Crippen LogP contribution in [0.3, 0.4) is 0 Å². The molecule has 1 aromatic carbocycles. The van der Waals surface area contributed by atoms with Crippen molar-refractivity contribution >= 4 is 0 Å². The van der Waals surface area contributed by atoms with Gasteiger partial charge in [-0.1, -0.05) is 44.2 Å². The van der Waals surface area contributed by atoms with Crippen molar-refractivity contribution in [1.82, 2.24) is 10.2 Å². The Hall–Kier alpha value is -0.860. The molecule has 0 fully saturated rings. The standard InChI is InChI=1S/C15H26N2/c1-3-17(4-2)13-9-8-12-16-14-15-10-6-5-7-11-15/h5-7,10-11,16H,3-4,8-9,12-14H2,1-2H3. The van der Waals surface area contributed by atoms with Gasteiger partial charge in [-0.2, -0.15) is 0 Å². The van der Waals surface area contributed by atoms with Crippen LogP contribution >= 0.6 is 0 Å². The Morgan fingerprint density at radius 3 is 2.35 bits per heavy atom. The van der Waals surface area contributed by atoms with Crippen LogP contribution in [0.25, 0.3) is 0 Å². The molecule has 1 N–H and O–H groups in total. The van der Waals surface area contributed by atoms with Crippen molar-refractivity contribution in [3.05, 3.63) is 35.9 Å². The Kier molecular flexibility index (Phi) is 7.69. The van der Waals surface area contributed by atoms with E-state index in [0.717, 1.165) is 13.1 Å². The van der Waals surface area contributed by atoms with Gasteiger partial charge in [0.05, 0.1) is 0 Å². The fourth-order valence-corrected chi connectivity index (χ4v) is 1.95. The number of nitrogens with one attached hydrogen (secondary N) is 1. The highest BCUT2D eigenvalue weighted by molar-refractivity contribution is 5.14. The molecule has 0 aliphatic heterocycles. The van der Waals surface area contributed by atoms with Gasteiger partial charge in [-0.05, 0) is 44.6 Å². The summed E-state index contributed by atoms with van der Waals surface area (Å²) >= 11 is 0. The molecule has 0 amide bonds. The van der Waals surface area contributed by atoms with Gasteiger partial charge >= 0.3 is 0 Å². The van der Waals surface area contributed by atoms with Crippen molar-refractivity contribution in [3.63, 3.8) is 0 Å². The molecule has 0 aromatic heterocycles. The lowest BCUT2D eigenvalue weighted by Gasteiger charge is -2.17. The normalized spacial score (nSPS) is 11.0. The van der Waals surface area contributed by atoms with E-state index in [1.165, 1.54) is 38.0 Å². The maximum absolute atomic E-state index is 3.49. The second kappa shape index (κ2) is 9.20. The quantitative estimate of drug-likeness (QED) is 0.661. The average Bonchev–Trinajstić information content (AvgIpc) is 2.39. The van der Waals surface area contributed by atoms with Crippen LogP contribution < -0.4 is 5.32 Å². The van der Waals surface area contributed by atoms with Crippen LogP contribution in [0, 0.1) is 0 Å². The van der Waals surface area contributed by atoms with Gasteiger partial charge in [-0.25, -0.2) is 0 Å². The maximum Gasteiger partial charge on any atom is 0.0205 e. The predicted octanol–water partition coefficient (Wildman–Crippen LogP) is 2.90. The molecule has 0 aliphatic carbocycles. The summed E-state index contributed by atoms with van der Waals surface area (Å²) in [6.07, 6.45) is 2.56. The number of rotatable bonds is 9. The Balaban J connectivity index is 1.98. The lowest BCUT2D eigenvalue weighted by atomic mass is 10.2. The molecule has 96 valence electrons. The first-order valence-electron chi connectivity index (χ1n) is 6.83. The highest BCUT2D eigenvalue weighted by Crippen LogP contribution is 1.98. The van der Waals surface area contributed by atoms with E-state index >= 15 is 0 Å². The Morgan fingerprint density at radius 2 is 1.71 bits per heavy atom. The summed E-state index contributed by atoms with van der Waals surface area (Å²) in [5.41, 5.74) is 1.37. The topological polar surface area (TPSA) is 15.3 Å². The number of hydrogen-bond donors (Lipinski definition) is 1. The first-order chi connectivity index (χ1) is 8.36. The van der Waals surface area contributed by atoms with Gasteiger partial charge in [0.2, 0.25) is 0 Å². The summed E-state index contributed by atoms with van der Waals surface area (Å²) in [6.45, 7) is 10.2. The van der Waals surface area contributed by atoms with Crippen LogP contribution in [0.4, 0.5) is 0 Å². The van der Waals surface area contributed by atoms with E-state index in [1.54, 1.807) is 0 Å². The molecule has 17 heavy (non-hydrogen) atoms. The highest BCUT2D eigenvalue weighted by Gasteiger charge is 1.97. The van der Waals surface area contributed by atoms with Gasteiger partial charge in [0.25, 0.3) is 0 Å². The molecule has 0 unspecified atom stereocenters.